The Balaban J connectivity index is 1.82. The molecular formula is C22H23N3O5. The average Bonchev–Trinajstić information content (AvgIpc) is 2.75. The molecule has 8 nitrogen and oxygen atoms in total. The molecule has 0 radical (unpaired) electrons. The summed E-state index contributed by atoms with van der Waals surface area (Å²) in [5.74, 6) is 0.630. The number of aromatic nitrogens is 3. The van der Waals surface area contributed by atoms with Crippen molar-refractivity contribution in [3.8, 4) is 5.75 Å². The van der Waals surface area contributed by atoms with E-state index in [4.69, 9.17) is 9.47 Å². The van der Waals surface area contributed by atoms with E-state index in [1.807, 2.05) is 24.3 Å². The quantitative estimate of drug-likeness (QED) is 0.625. The number of pyridine rings is 1. The highest BCUT2D eigenvalue weighted by Crippen LogP contribution is 2.35. The molecule has 3 aromatic rings. The number of ketones is 1. The Kier molecular flexibility index (Phi) is 5.50. The third-order valence-corrected chi connectivity index (χ3v) is 5.61. The molecule has 1 atom stereocenters. The van der Waals surface area contributed by atoms with Gasteiger partial charge in [-0.15, -0.1) is 0 Å². The fraction of sp³-hybridized carbons (Fsp3) is 0.364. The largest absolute Gasteiger partial charge is 0.497 e. The number of ether oxygens (including phenoxy) is 2. The van der Waals surface area contributed by atoms with Crippen molar-refractivity contribution < 1.29 is 14.3 Å². The van der Waals surface area contributed by atoms with Gasteiger partial charge in [-0.25, -0.2) is 9.78 Å². The van der Waals surface area contributed by atoms with Gasteiger partial charge in [-0.2, -0.15) is 0 Å². The molecule has 156 valence electrons. The average molecular weight is 409 g/mol. The normalized spacial score (nSPS) is 15.9. The second-order valence-electron chi connectivity index (χ2n) is 7.41. The van der Waals surface area contributed by atoms with Crippen LogP contribution in [0.3, 0.4) is 0 Å². The van der Waals surface area contributed by atoms with E-state index in [9.17, 15) is 14.4 Å². The topological polar surface area (TPSA) is 103 Å². The number of nitrogens with zero attached hydrogens (tertiary/aromatic N) is 2. The third kappa shape index (κ3) is 3.54. The lowest BCUT2D eigenvalue weighted by Crippen LogP contribution is -2.33. The molecule has 0 fully saturated rings. The first-order valence-corrected chi connectivity index (χ1v) is 9.84. The number of carbonyl (C=O) groups excluding carboxylic acids is 1. The van der Waals surface area contributed by atoms with Crippen LogP contribution in [0.15, 0.2) is 40.1 Å². The van der Waals surface area contributed by atoms with Crippen molar-refractivity contribution in [1.82, 2.24) is 14.5 Å². The van der Waals surface area contributed by atoms with E-state index >= 15 is 0 Å². The minimum atomic E-state index is -0.509. The molecule has 30 heavy (non-hydrogen) atoms. The number of hydrogen-bond donors (Lipinski definition) is 1. The molecule has 0 saturated carbocycles. The molecule has 1 unspecified atom stereocenters. The molecule has 0 saturated heterocycles. The van der Waals surface area contributed by atoms with Crippen molar-refractivity contribution in [2.45, 2.75) is 31.7 Å². The maximum absolute atomic E-state index is 12.8. The summed E-state index contributed by atoms with van der Waals surface area (Å²) in [5, 5.41) is 0.316. The zero-order valence-electron chi connectivity index (χ0n) is 16.9. The molecular weight excluding hydrogens is 386 g/mol. The number of benzene rings is 1. The van der Waals surface area contributed by atoms with Crippen molar-refractivity contribution in [2.75, 3.05) is 20.8 Å². The van der Waals surface area contributed by atoms with E-state index in [-0.39, 0.29) is 11.7 Å². The van der Waals surface area contributed by atoms with Gasteiger partial charge in [0.15, 0.2) is 5.78 Å². The van der Waals surface area contributed by atoms with Gasteiger partial charge in [0.2, 0.25) is 0 Å². The second-order valence-corrected chi connectivity index (χ2v) is 7.41. The first-order chi connectivity index (χ1) is 14.5. The smallest absolute Gasteiger partial charge is 0.329 e. The highest BCUT2D eigenvalue weighted by Gasteiger charge is 2.30. The van der Waals surface area contributed by atoms with Gasteiger partial charge < -0.3 is 9.47 Å². The predicted molar refractivity (Wildman–Crippen MR) is 112 cm³/mol. The van der Waals surface area contributed by atoms with E-state index in [1.165, 1.54) is 10.8 Å². The van der Waals surface area contributed by atoms with Crippen LogP contribution in [0.5, 0.6) is 5.75 Å². The van der Waals surface area contributed by atoms with Gasteiger partial charge in [0, 0.05) is 38.4 Å². The molecule has 8 heteroatoms. The van der Waals surface area contributed by atoms with E-state index in [0.717, 1.165) is 11.3 Å². The van der Waals surface area contributed by atoms with Gasteiger partial charge >= 0.3 is 5.69 Å². The Bertz CT molecular complexity index is 1210. The Morgan fingerprint density at radius 3 is 2.60 bits per heavy atom. The molecule has 1 aliphatic rings. The van der Waals surface area contributed by atoms with Crippen LogP contribution in [0.25, 0.3) is 11.0 Å². The number of carbonyl (C=O) groups is 1. The maximum atomic E-state index is 12.8. The van der Waals surface area contributed by atoms with Crippen LogP contribution in [-0.2, 0) is 17.7 Å². The van der Waals surface area contributed by atoms with Crippen LogP contribution in [0.4, 0.5) is 0 Å². The summed E-state index contributed by atoms with van der Waals surface area (Å²) in [7, 11) is 3.19. The van der Waals surface area contributed by atoms with E-state index < -0.39 is 11.2 Å². The second kappa shape index (κ2) is 8.23. The number of nitrogens with one attached hydrogen (secondary N) is 1. The summed E-state index contributed by atoms with van der Waals surface area (Å²) >= 11 is 0. The predicted octanol–water partition coefficient (Wildman–Crippen LogP) is 2.04. The van der Waals surface area contributed by atoms with Crippen molar-refractivity contribution in [2.24, 2.45) is 0 Å². The van der Waals surface area contributed by atoms with Crippen LogP contribution in [-0.4, -0.2) is 41.1 Å². The summed E-state index contributed by atoms with van der Waals surface area (Å²) in [4.78, 5) is 44.7. The first-order valence-electron chi connectivity index (χ1n) is 9.84. The van der Waals surface area contributed by atoms with Crippen LogP contribution in [0.2, 0.25) is 0 Å². The Morgan fingerprint density at radius 1 is 1.13 bits per heavy atom. The summed E-state index contributed by atoms with van der Waals surface area (Å²) in [6.07, 6.45) is 2.96. The SMILES string of the molecule is COCCCn1c(=O)[nH]c(=O)c2c3c(cnc21)C(=O)CC(c1ccc(OC)cc1)C3. The van der Waals surface area contributed by atoms with E-state index in [1.54, 1.807) is 14.2 Å². The van der Waals surface area contributed by atoms with Crippen molar-refractivity contribution in [1.29, 1.82) is 0 Å². The lowest BCUT2D eigenvalue weighted by Gasteiger charge is -2.25. The van der Waals surface area contributed by atoms with Gasteiger partial charge in [-0.05, 0) is 42.0 Å². The summed E-state index contributed by atoms with van der Waals surface area (Å²) in [5.41, 5.74) is 1.40. The number of rotatable bonds is 6. The van der Waals surface area contributed by atoms with E-state index in [0.29, 0.717) is 54.6 Å². The highest BCUT2D eigenvalue weighted by atomic mass is 16.5. The standard InChI is InChI=1S/C22H23N3O5/c1-29-9-3-8-25-20-19(21(27)24-22(25)28)16-10-14(11-18(26)17(16)12-23-20)13-4-6-15(30-2)7-5-13/h4-7,12,14H,3,8-11H2,1-2H3,(H,24,27,28). The molecule has 1 aliphatic carbocycles. The molecule has 2 heterocycles. The van der Waals surface area contributed by atoms with Crippen molar-refractivity contribution >= 4 is 16.8 Å². The van der Waals surface area contributed by atoms with Gasteiger partial charge in [-0.3, -0.25) is 19.1 Å². The molecule has 4 rings (SSSR count). The number of aryl methyl sites for hydroxylation is 1. The Labute approximate surface area is 172 Å². The lowest BCUT2D eigenvalue weighted by molar-refractivity contribution is 0.0964. The molecule has 0 amide bonds. The summed E-state index contributed by atoms with van der Waals surface area (Å²) in [6.45, 7) is 0.845. The Hall–Kier alpha value is -3.26. The maximum Gasteiger partial charge on any atom is 0.329 e. The molecule has 1 N–H and O–H groups in total. The monoisotopic (exact) mass is 409 g/mol. The zero-order chi connectivity index (χ0) is 21.3. The number of fused-ring (bicyclic) bond motifs is 3. The van der Waals surface area contributed by atoms with Crippen LogP contribution in [0.1, 0.15) is 40.2 Å². The minimum absolute atomic E-state index is 0.0528. The van der Waals surface area contributed by atoms with Gasteiger partial charge in [-0.1, -0.05) is 12.1 Å². The lowest BCUT2D eigenvalue weighted by atomic mass is 9.79. The number of aromatic amines is 1. The first kappa shape index (κ1) is 20.0. The number of H-pyrrole nitrogens is 1. The van der Waals surface area contributed by atoms with Gasteiger partial charge in [0.25, 0.3) is 5.56 Å². The highest BCUT2D eigenvalue weighted by molar-refractivity contribution is 6.02. The summed E-state index contributed by atoms with van der Waals surface area (Å²) < 4.78 is 11.7. The molecule has 0 bridgehead atoms. The van der Waals surface area contributed by atoms with Crippen LogP contribution < -0.4 is 16.0 Å². The number of Topliss-reactive ketones (excluding diaryl/α,β-unsaturated/α-hetero) is 1. The molecule has 2 aromatic heterocycles. The van der Waals surface area contributed by atoms with Crippen molar-refractivity contribution in [3.63, 3.8) is 0 Å². The van der Waals surface area contributed by atoms with E-state index in [2.05, 4.69) is 9.97 Å². The number of hydrogen-bond acceptors (Lipinski definition) is 6. The minimum Gasteiger partial charge on any atom is -0.497 e. The molecule has 0 spiro atoms. The molecule has 1 aromatic carbocycles. The van der Waals surface area contributed by atoms with Crippen LogP contribution in [0, 0.1) is 0 Å². The number of methoxy groups -OCH3 is 2. The van der Waals surface area contributed by atoms with Crippen LogP contribution >= 0.6 is 0 Å². The fourth-order valence-electron chi connectivity index (χ4n) is 4.10. The third-order valence-electron chi connectivity index (χ3n) is 5.61. The summed E-state index contributed by atoms with van der Waals surface area (Å²) in [6, 6.07) is 7.60. The zero-order valence-corrected chi connectivity index (χ0v) is 16.9. The van der Waals surface area contributed by atoms with Gasteiger partial charge in [0.05, 0.1) is 12.5 Å². The van der Waals surface area contributed by atoms with Crippen molar-refractivity contribution in [3.05, 3.63) is 68.0 Å². The van der Waals surface area contributed by atoms with Gasteiger partial charge in [0.1, 0.15) is 11.4 Å². The molecule has 0 aliphatic heterocycles. The Morgan fingerprint density at radius 2 is 1.90 bits per heavy atom. The fourth-order valence-corrected chi connectivity index (χ4v) is 4.10.